The summed E-state index contributed by atoms with van der Waals surface area (Å²) in [6.45, 7) is 7.43. The van der Waals surface area contributed by atoms with Crippen molar-refractivity contribution in [1.82, 2.24) is 15.1 Å². The van der Waals surface area contributed by atoms with Gasteiger partial charge in [0.05, 0.1) is 5.69 Å². The SMILES string of the molecule is CCNC(Cc1ccc(CC)s1)c1cn(C)nc1C. The van der Waals surface area contributed by atoms with Gasteiger partial charge in [0.15, 0.2) is 0 Å². The van der Waals surface area contributed by atoms with Crippen LogP contribution in [-0.4, -0.2) is 16.3 Å². The van der Waals surface area contributed by atoms with Crippen LogP contribution in [0.2, 0.25) is 0 Å². The summed E-state index contributed by atoms with van der Waals surface area (Å²) in [5.74, 6) is 0. The third-order valence-corrected chi connectivity index (χ3v) is 4.60. The summed E-state index contributed by atoms with van der Waals surface area (Å²) >= 11 is 1.93. The number of nitrogens with one attached hydrogen (secondary N) is 1. The highest BCUT2D eigenvalue weighted by Gasteiger charge is 2.17. The number of nitrogens with zero attached hydrogens (tertiary/aromatic N) is 2. The molecule has 0 fully saturated rings. The number of hydrogen-bond acceptors (Lipinski definition) is 3. The van der Waals surface area contributed by atoms with Gasteiger partial charge in [0.1, 0.15) is 0 Å². The van der Waals surface area contributed by atoms with Crippen LogP contribution < -0.4 is 5.32 Å². The second kappa shape index (κ2) is 6.35. The van der Waals surface area contributed by atoms with Gasteiger partial charge in [0, 0.05) is 41.0 Å². The molecule has 0 aliphatic carbocycles. The summed E-state index contributed by atoms with van der Waals surface area (Å²) in [5, 5.41) is 8.04. The Hall–Kier alpha value is -1.13. The highest BCUT2D eigenvalue weighted by molar-refractivity contribution is 7.11. The van der Waals surface area contributed by atoms with Crippen molar-refractivity contribution in [1.29, 1.82) is 0 Å². The number of hydrogen-bond donors (Lipinski definition) is 1. The summed E-state index contributed by atoms with van der Waals surface area (Å²) in [6, 6.07) is 4.88. The fourth-order valence-corrected chi connectivity index (χ4v) is 3.43. The molecule has 0 spiro atoms. The third kappa shape index (κ3) is 3.45. The van der Waals surface area contributed by atoms with Gasteiger partial charge in [0.25, 0.3) is 0 Å². The molecule has 19 heavy (non-hydrogen) atoms. The van der Waals surface area contributed by atoms with Crippen molar-refractivity contribution in [3.8, 4) is 0 Å². The monoisotopic (exact) mass is 277 g/mol. The van der Waals surface area contributed by atoms with Gasteiger partial charge in [0.2, 0.25) is 0 Å². The van der Waals surface area contributed by atoms with Gasteiger partial charge in [-0.05, 0) is 32.0 Å². The van der Waals surface area contributed by atoms with E-state index < -0.39 is 0 Å². The van der Waals surface area contributed by atoms with Gasteiger partial charge < -0.3 is 5.32 Å². The van der Waals surface area contributed by atoms with Crippen LogP contribution in [0, 0.1) is 6.92 Å². The highest BCUT2D eigenvalue weighted by atomic mass is 32.1. The maximum atomic E-state index is 4.46. The van der Waals surface area contributed by atoms with Crippen molar-refractivity contribution in [2.75, 3.05) is 6.54 Å². The predicted octanol–water partition coefficient (Wildman–Crippen LogP) is 3.25. The van der Waals surface area contributed by atoms with E-state index >= 15 is 0 Å². The van der Waals surface area contributed by atoms with Gasteiger partial charge in [-0.25, -0.2) is 0 Å². The van der Waals surface area contributed by atoms with Crippen LogP contribution in [0.3, 0.4) is 0 Å². The molecule has 0 saturated carbocycles. The minimum atomic E-state index is 0.363. The smallest absolute Gasteiger partial charge is 0.0641 e. The lowest BCUT2D eigenvalue weighted by Crippen LogP contribution is -2.23. The Bertz CT molecular complexity index is 527. The molecule has 0 aliphatic heterocycles. The van der Waals surface area contributed by atoms with Gasteiger partial charge >= 0.3 is 0 Å². The molecular weight excluding hydrogens is 254 g/mol. The number of likely N-dealkylation sites (N-methyl/N-ethyl adjacent to an activating group) is 1. The maximum absolute atomic E-state index is 4.46. The number of thiophene rings is 1. The molecule has 2 aromatic rings. The zero-order valence-electron chi connectivity index (χ0n) is 12.2. The second-order valence-corrected chi connectivity index (χ2v) is 6.13. The number of aryl methyl sites for hydroxylation is 3. The van der Waals surface area contributed by atoms with E-state index in [1.807, 2.05) is 23.1 Å². The molecule has 0 radical (unpaired) electrons. The van der Waals surface area contributed by atoms with E-state index in [0.29, 0.717) is 6.04 Å². The summed E-state index contributed by atoms with van der Waals surface area (Å²) in [7, 11) is 1.99. The molecule has 3 nitrogen and oxygen atoms in total. The Kier molecular flexibility index (Phi) is 4.77. The quantitative estimate of drug-likeness (QED) is 0.878. The first-order chi connectivity index (χ1) is 9.13. The Morgan fingerprint density at radius 2 is 2.05 bits per heavy atom. The minimum Gasteiger partial charge on any atom is -0.310 e. The van der Waals surface area contributed by atoms with Crippen LogP contribution in [0.15, 0.2) is 18.3 Å². The van der Waals surface area contributed by atoms with Gasteiger partial charge in [-0.15, -0.1) is 11.3 Å². The molecule has 0 aliphatic rings. The summed E-state index contributed by atoms with van der Waals surface area (Å²) in [5.41, 5.74) is 2.44. The first kappa shape index (κ1) is 14.3. The Balaban J connectivity index is 2.18. The Labute approximate surface area is 119 Å². The molecule has 2 aromatic heterocycles. The molecule has 0 aromatic carbocycles. The zero-order valence-corrected chi connectivity index (χ0v) is 13.0. The third-order valence-electron chi connectivity index (χ3n) is 3.35. The first-order valence-electron chi connectivity index (χ1n) is 6.95. The van der Waals surface area contributed by atoms with Crippen molar-refractivity contribution < 1.29 is 0 Å². The largest absolute Gasteiger partial charge is 0.310 e. The van der Waals surface area contributed by atoms with E-state index in [4.69, 9.17) is 0 Å². The lowest BCUT2D eigenvalue weighted by molar-refractivity contribution is 0.550. The van der Waals surface area contributed by atoms with Crippen molar-refractivity contribution in [3.63, 3.8) is 0 Å². The maximum Gasteiger partial charge on any atom is 0.0641 e. The number of rotatable bonds is 6. The summed E-state index contributed by atoms with van der Waals surface area (Å²) < 4.78 is 1.90. The molecule has 1 atom stereocenters. The fourth-order valence-electron chi connectivity index (χ4n) is 2.42. The van der Waals surface area contributed by atoms with Crippen LogP contribution in [0.25, 0.3) is 0 Å². The van der Waals surface area contributed by atoms with Crippen molar-refractivity contribution >= 4 is 11.3 Å². The van der Waals surface area contributed by atoms with E-state index in [1.165, 1.54) is 15.3 Å². The van der Waals surface area contributed by atoms with Crippen molar-refractivity contribution in [2.24, 2.45) is 7.05 Å². The van der Waals surface area contributed by atoms with Gasteiger partial charge in [-0.1, -0.05) is 13.8 Å². The molecule has 0 amide bonds. The molecule has 1 N–H and O–H groups in total. The molecule has 0 bridgehead atoms. The van der Waals surface area contributed by atoms with E-state index in [0.717, 1.165) is 25.1 Å². The molecule has 1 unspecified atom stereocenters. The van der Waals surface area contributed by atoms with E-state index in [-0.39, 0.29) is 0 Å². The first-order valence-corrected chi connectivity index (χ1v) is 7.76. The molecule has 2 heterocycles. The second-order valence-electron chi connectivity index (χ2n) is 4.88. The van der Waals surface area contributed by atoms with E-state index in [1.54, 1.807) is 0 Å². The lowest BCUT2D eigenvalue weighted by Gasteiger charge is -2.16. The molecule has 4 heteroatoms. The molecule has 2 rings (SSSR count). The Morgan fingerprint density at radius 3 is 2.58 bits per heavy atom. The average Bonchev–Trinajstić information content (AvgIpc) is 2.95. The summed E-state index contributed by atoms with van der Waals surface area (Å²) in [6.07, 6.45) is 4.31. The molecular formula is C15H23N3S. The van der Waals surface area contributed by atoms with E-state index in [9.17, 15) is 0 Å². The average molecular weight is 277 g/mol. The number of aromatic nitrogens is 2. The minimum absolute atomic E-state index is 0.363. The fraction of sp³-hybridized carbons (Fsp3) is 0.533. The van der Waals surface area contributed by atoms with Crippen LogP contribution in [0.1, 0.15) is 40.9 Å². The van der Waals surface area contributed by atoms with Crippen LogP contribution in [0.4, 0.5) is 0 Å². The predicted molar refractivity (Wildman–Crippen MR) is 81.8 cm³/mol. The van der Waals surface area contributed by atoms with Crippen LogP contribution in [0.5, 0.6) is 0 Å². The van der Waals surface area contributed by atoms with Crippen LogP contribution >= 0.6 is 11.3 Å². The zero-order chi connectivity index (χ0) is 13.8. The normalized spacial score (nSPS) is 12.8. The van der Waals surface area contributed by atoms with Gasteiger partial charge in [-0.2, -0.15) is 5.10 Å². The summed E-state index contributed by atoms with van der Waals surface area (Å²) in [4.78, 5) is 2.92. The van der Waals surface area contributed by atoms with Crippen LogP contribution in [-0.2, 0) is 19.9 Å². The van der Waals surface area contributed by atoms with Crippen molar-refractivity contribution in [2.45, 2.75) is 39.7 Å². The van der Waals surface area contributed by atoms with Crippen molar-refractivity contribution in [3.05, 3.63) is 39.3 Å². The molecule has 0 saturated heterocycles. The molecule has 104 valence electrons. The lowest BCUT2D eigenvalue weighted by atomic mass is 10.0. The standard InChI is InChI=1S/C15H23N3S/c1-5-12-7-8-13(19-12)9-15(16-6-2)14-10-18(4)17-11(14)3/h7-8,10,15-16H,5-6,9H2,1-4H3. The van der Waals surface area contributed by atoms with E-state index in [2.05, 4.69) is 49.5 Å². The highest BCUT2D eigenvalue weighted by Crippen LogP contribution is 2.25. The topological polar surface area (TPSA) is 29.9 Å². The Morgan fingerprint density at radius 1 is 1.32 bits per heavy atom. The van der Waals surface area contributed by atoms with Gasteiger partial charge in [-0.3, -0.25) is 4.68 Å².